The summed E-state index contributed by atoms with van der Waals surface area (Å²) < 4.78 is 15.8. The van der Waals surface area contributed by atoms with Crippen LogP contribution in [0.1, 0.15) is 29.8 Å². The molecule has 10 nitrogen and oxygen atoms in total. The van der Waals surface area contributed by atoms with Gasteiger partial charge in [0.1, 0.15) is 12.2 Å². The monoisotopic (exact) mass is 460 g/mol. The van der Waals surface area contributed by atoms with Crippen LogP contribution in [0.15, 0.2) is 55.0 Å². The highest BCUT2D eigenvalue weighted by molar-refractivity contribution is 6.00. The number of nitrogens with one attached hydrogen (secondary N) is 2. The van der Waals surface area contributed by atoms with Crippen LogP contribution >= 0.6 is 0 Å². The highest BCUT2D eigenvalue weighted by atomic mass is 19.1. The normalized spacial score (nSPS) is 12.2. The number of nitriles is 1. The maximum Gasteiger partial charge on any atom is 0.255 e. The Hall–Kier alpha value is -4.43. The Labute approximate surface area is 194 Å². The largest absolute Gasteiger partial charge is 0.387 e. The lowest BCUT2D eigenvalue weighted by molar-refractivity contribution is -0.00177. The molecule has 0 saturated heterocycles. The summed E-state index contributed by atoms with van der Waals surface area (Å²) in [5, 5.41) is 36.5. The van der Waals surface area contributed by atoms with Crippen molar-refractivity contribution in [3.63, 3.8) is 0 Å². The number of anilines is 2. The van der Waals surface area contributed by atoms with E-state index in [0.29, 0.717) is 34.0 Å². The van der Waals surface area contributed by atoms with Gasteiger partial charge in [-0.15, -0.1) is 5.10 Å². The molecule has 4 rings (SSSR count). The number of amides is 1. The van der Waals surface area contributed by atoms with E-state index in [1.54, 1.807) is 40.9 Å². The fourth-order valence-corrected chi connectivity index (χ4v) is 3.17. The lowest BCUT2D eigenvalue weighted by Crippen LogP contribution is -2.42. The first kappa shape index (κ1) is 22.8. The highest BCUT2D eigenvalue weighted by Gasteiger charge is 2.27. The minimum absolute atomic E-state index is 0.151. The van der Waals surface area contributed by atoms with Crippen molar-refractivity contribution < 1.29 is 14.3 Å². The number of aliphatic hydroxyl groups is 1. The van der Waals surface area contributed by atoms with Crippen LogP contribution in [-0.4, -0.2) is 54.1 Å². The fourth-order valence-electron chi connectivity index (χ4n) is 3.17. The van der Waals surface area contributed by atoms with Crippen LogP contribution in [0.3, 0.4) is 0 Å². The molecule has 0 aliphatic rings. The number of pyridine rings is 1. The number of fused-ring (bicyclic) bond motifs is 1. The second kappa shape index (κ2) is 9.21. The third-order valence-electron chi connectivity index (χ3n) is 5.08. The van der Waals surface area contributed by atoms with Gasteiger partial charge in [0.15, 0.2) is 5.82 Å². The molecule has 34 heavy (non-hydrogen) atoms. The van der Waals surface area contributed by atoms with Gasteiger partial charge >= 0.3 is 0 Å². The van der Waals surface area contributed by atoms with Crippen molar-refractivity contribution in [2.24, 2.45) is 0 Å². The van der Waals surface area contributed by atoms with E-state index in [2.05, 4.69) is 37.0 Å². The Bertz CT molecular complexity index is 1380. The molecule has 4 heterocycles. The Morgan fingerprint density at radius 2 is 2.12 bits per heavy atom. The molecule has 0 unspecified atom stereocenters. The van der Waals surface area contributed by atoms with E-state index in [4.69, 9.17) is 5.26 Å². The molecule has 0 spiro atoms. The number of carbonyl (C=O) groups is 1. The third kappa shape index (κ3) is 4.82. The first-order valence-corrected chi connectivity index (χ1v) is 10.3. The van der Waals surface area contributed by atoms with Gasteiger partial charge in [0.05, 0.1) is 52.1 Å². The molecular formula is C23H21FN8O2. The van der Waals surface area contributed by atoms with Crippen molar-refractivity contribution in [3.8, 4) is 17.5 Å². The Balaban J connectivity index is 1.70. The molecule has 0 aromatic carbocycles. The van der Waals surface area contributed by atoms with Gasteiger partial charge in [-0.25, -0.2) is 8.91 Å². The maximum atomic E-state index is 14.1. The number of halogens is 1. The van der Waals surface area contributed by atoms with Crippen LogP contribution in [0.25, 0.3) is 16.9 Å². The third-order valence-corrected chi connectivity index (χ3v) is 5.08. The SMILES string of the molecule is CC(C)(O)[C@H](F)CNC(=O)c1cnc(-c2ccc3cc(C#N)cnn23)cc1Nc1cccnn1. The number of hydrogen-bond donors (Lipinski definition) is 3. The molecular weight excluding hydrogens is 439 g/mol. The van der Waals surface area contributed by atoms with Gasteiger partial charge in [-0.3, -0.25) is 9.78 Å². The van der Waals surface area contributed by atoms with Gasteiger partial charge in [-0.2, -0.15) is 15.5 Å². The quantitative estimate of drug-likeness (QED) is 0.382. The molecule has 0 bridgehead atoms. The van der Waals surface area contributed by atoms with Gasteiger partial charge < -0.3 is 15.7 Å². The summed E-state index contributed by atoms with van der Waals surface area (Å²) in [6, 6.07) is 12.4. The van der Waals surface area contributed by atoms with Crippen LogP contribution in [0.4, 0.5) is 15.9 Å². The first-order valence-electron chi connectivity index (χ1n) is 10.3. The second-order valence-corrected chi connectivity index (χ2v) is 8.09. The predicted octanol–water partition coefficient (Wildman–Crippen LogP) is 2.64. The summed E-state index contributed by atoms with van der Waals surface area (Å²) in [4.78, 5) is 17.3. The van der Waals surface area contributed by atoms with E-state index in [1.165, 1.54) is 32.4 Å². The van der Waals surface area contributed by atoms with Crippen LogP contribution in [-0.2, 0) is 0 Å². The Morgan fingerprint density at radius 3 is 2.82 bits per heavy atom. The average molecular weight is 460 g/mol. The van der Waals surface area contributed by atoms with Crippen molar-refractivity contribution in [1.82, 2.24) is 30.1 Å². The Morgan fingerprint density at radius 1 is 1.29 bits per heavy atom. The molecule has 11 heteroatoms. The van der Waals surface area contributed by atoms with Gasteiger partial charge in [-0.1, -0.05) is 0 Å². The standard InChI is InChI=1S/C23H21FN8O2/c1-23(2,34)20(24)13-27-22(33)16-12-26-18(9-17(16)30-21-4-3-7-28-31-21)19-6-5-15-8-14(10-25)11-29-32(15)19/h3-9,11-12,20,34H,13H2,1-2H3,(H,27,33)(H,26,30,31)/t20-/m1/s1. The molecule has 0 radical (unpaired) electrons. The van der Waals surface area contributed by atoms with Crippen LogP contribution < -0.4 is 10.6 Å². The molecule has 0 aliphatic heterocycles. The van der Waals surface area contributed by atoms with E-state index in [9.17, 15) is 14.3 Å². The van der Waals surface area contributed by atoms with Crippen LogP contribution in [0, 0.1) is 11.3 Å². The number of hydrogen-bond acceptors (Lipinski definition) is 8. The number of aromatic nitrogens is 5. The zero-order valence-electron chi connectivity index (χ0n) is 18.4. The van der Waals surface area contributed by atoms with E-state index < -0.39 is 17.7 Å². The number of carbonyl (C=O) groups excluding carboxylic acids is 1. The summed E-state index contributed by atoms with van der Waals surface area (Å²) >= 11 is 0. The Kier molecular flexibility index (Phi) is 6.16. The van der Waals surface area contributed by atoms with Crippen molar-refractivity contribution in [2.45, 2.75) is 25.6 Å². The fraction of sp³-hybridized carbons (Fsp3) is 0.217. The van der Waals surface area contributed by atoms with E-state index in [-0.39, 0.29) is 12.1 Å². The summed E-state index contributed by atoms with van der Waals surface area (Å²) in [5.41, 5.74) is 1.20. The number of alkyl halides is 1. The molecule has 0 aliphatic carbocycles. The summed E-state index contributed by atoms with van der Waals surface area (Å²) in [5.74, 6) is -0.181. The topological polar surface area (TPSA) is 141 Å². The summed E-state index contributed by atoms with van der Waals surface area (Å²) in [6.07, 6.45) is 2.68. The minimum Gasteiger partial charge on any atom is -0.387 e. The molecule has 1 atom stereocenters. The predicted molar refractivity (Wildman–Crippen MR) is 122 cm³/mol. The van der Waals surface area contributed by atoms with Crippen molar-refractivity contribution >= 4 is 22.9 Å². The molecule has 0 fully saturated rings. The van der Waals surface area contributed by atoms with Crippen LogP contribution in [0.2, 0.25) is 0 Å². The molecule has 0 saturated carbocycles. The molecule has 4 aromatic heterocycles. The van der Waals surface area contributed by atoms with Crippen molar-refractivity contribution in [3.05, 3.63) is 66.1 Å². The summed E-state index contributed by atoms with van der Waals surface area (Å²) in [6.45, 7) is 2.29. The van der Waals surface area contributed by atoms with Gasteiger partial charge in [-0.05, 0) is 50.2 Å². The first-order chi connectivity index (χ1) is 16.3. The second-order valence-electron chi connectivity index (χ2n) is 8.09. The lowest BCUT2D eigenvalue weighted by Gasteiger charge is -2.22. The minimum atomic E-state index is -1.66. The van der Waals surface area contributed by atoms with E-state index in [1.807, 2.05) is 0 Å². The van der Waals surface area contributed by atoms with Crippen molar-refractivity contribution in [2.75, 3.05) is 11.9 Å². The number of rotatable bonds is 7. The van der Waals surface area contributed by atoms with E-state index >= 15 is 0 Å². The number of nitrogens with zero attached hydrogens (tertiary/aromatic N) is 6. The van der Waals surface area contributed by atoms with E-state index in [0.717, 1.165) is 0 Å². The molecule has 4 aromatic rings. The van der Waals surface area contributed by atoms with Gasteiger partial charge in [0, 0.05) is 12.4 Å². The highest BCUT2D eigenvalue weighted by Crippen LogP contribution is 2.27. The van der Waals surface area contributed by atoms with Crippen molar-refractivity contribution in [1.29, 1.82) is 5.26 Å². The smallest absolute Gasteiger partial charge is 0.255 e. The molecule has 172 valence electrons. The summed E-state index contributed by atoms with van der Waals surface area (Å²) in [7, 11) is 0. The lowest BCUT2D eigenvalue weighted by atomic mass is 10.0. The van der Waals surface area contributed by atoms with Crippen LogP contribution in [0.5, 0.6) is 0 Å². The zero-order chi connectivity index (χ0) is 24.3. The zero-order valence-corrected chi connectivity index (χ0v) is 18.4. The molecule has 1 amide bonds. The maximum absolute atomic E-state index is 14.1. The average Bonchev–Trinajstić information content (AvgIpc) is 3.25. The molecule has 3 N–H and O–H groups in total. The van der Waals surface area contributed by atoms with Gasteiger partial charge in [0.25, 0.3) is 5.91 Å². The van der Waals surface area contributed by atoms with Gasteiger partial charge in [0.2, 0.25) is 0 Å².